The van der Waals surface area contributed by atoms with Crippen molar-refractivity contribution in [3.05, 3.63) is 34.6 Å². The molecule has 0 unspecified atom stereocenters. The Labute approximate surface area is 110 Å². The second kappa shape index (κ2) is 7.51. The molecule has 0 radical (unpaired) electrons. The Morgan fingerprint density at radius 2 is 2.06 bits per heavy atom. The highest BCUT2D eigenvalue weighted by atomic mass is 35.5. The van der Waals surface area contributed by atoms with E-state index < -0.39 is 11.7 Å². The van der Waals surface area contributed by atoms with E-state index in [1.165, 1.54) is 18.2 Å². The molecular weight excluding hydrogens is 264 g/mol. The van der Waals surface area contributed by atoms with Crippen LogP contribution >= 0.6 is 23.2 Å². The Bertz CT molecular complexity index is 385. The van der Waals surface area contributed by atoms with E-state index in [2.05, 4.69) is 5.32 Å². The number of nitrogens with one attached hydrogen (secondary N) is 1. The summed E-state index contributed by atoms with van der Waals surface area (Å²) in [5.74, 6) is -0.375. The van der Waals surface area contributed by atoms with Gasteiger partial charge in [0.2, 0.25) is 0 Å². The van der Waals surface area contributed by atoms with E-state index in [1.54, 1.807) is 0 Å². The summed E-state index contributed by atoms with van der Waals surface area (Å²) in [4.78, 5) is 11.6. The third kappa shape index (κ3) is 4.92. The summed E-state index contributed by atoms with van der Waals surface area (Å²) in [6.07, 6.45) is 2.70. The number of hydrogen-bond acceptors (Lipinski definition) is 1. The fraction of sp³-hybridized carbons (Fsp3) is 0.417. The van der Waals surface area contributed by atoms with Crippen molar-refractivity contribution in [1.29, 1.82) is 0 Å². The minimum atomic E-state index is -0.562. The zero-order valence-electron chi connectivity index (χ0n) is 9.31. The lowest BCUT2D eigenvalue weighted by Gasteiger charge is -2.06. The van der Waals surface area contributed by atoms with Gasteiger partial charge in [0.15, 0.2) is 0 Å². The lowest BCUT2D eigenvalue weighted by molar-refractivity contribution is 0.0949. The molecule has 0 atom stereocenters. The van der Waals surface area contributed by atoms with Crippen molar-refractivity contribution in [3.63, 3.8) is 0 Å². The van der Waals surface area contributed by atoms with Gasteiger partial charge in [0, 0.05) is 17.4 Å². The number of alkyl halides is 1. The first kappa shape index (κ1) is 14.3. The van der Waals surface area contributed by atoms with Gasteiger partial charge in [-0.05, 0) is 31.0 Å². The second-order valence-corrected chi connectivity index (χ2v) is 4.44. The number of hydrogen-bond donors (Lipinski definition) is 1. The molecule has 0 spiro atoms. The molecule has 0 aliphatic rings. The standard InChI is InChI=1S/C12H14Cl2FNO/c13-6-2-1-3-7-16-12(17)10-8-9(14)4-5-11(10)15/h4-5,8H,1-3,6-7H2,(H,16,17). The molecule has 1 rings (SSSR count). The monoisotopic (exact) mass is 277 g/mol. The van der Waals surface area contributed by atoms with Crippen LogP contribution in [0.15, 0.2) is 18.2 Å². The van der Waals surface area contributed by atoms with Crippen LogP contribution in [0.1, 0.15) is 29.6 Å². The van der Waals surface area contributed by atoms with Crippen molar-refractivity contribution in [2.75, 3.05) is 12.4 Å². The minimum Gasteiger partial charge on any atom is -0.352 e. The van der Waals surface area contributed by atoms with E-state index in [9.17, 15) is 9.18 Å². The smallest absolute Gasteiger partial charge is 0.254 e. The van der Waals surface area contributed by atoms with Crippen LogP contribution in [-0.2, 0) is 0 Å². The molecule has 0 saturated carbocycles. The van der Waals surface area contributed by atoms with Crippen molar-refractivity contribution in [3.8, 4) is 0 Å². The van der Waals surface area contributed by atoms with Gasteiger partial charge in [0.25, 0.3) is 5.91 Å². The molecule has 5 heteroatoms. The second-order valence-electron chi connectivity index (χ2n) is 3.63. The molecule has 0 saturated heterocycles. The number of halogens is 3. The Kier molecular flexibility index (Phi) is 6.30. The first-order valence-corrected chi connectivity index (χ1v) is 6.35. The van der Waals surface area contributed by atoms with E-state index in [0.29, 0.717) is 17.4 Å². The Morgan fingerprint density at radius 3 is 2.76 bits per heavy atom. The van der Waals surface area contributed by atoms with Gasteiger partial charge in [0.1, 0.15) is 5.82 Å². The summed E-state index contributed by atoms with van der Waals surface area (Å²) in [5.41, 5.74) is -0.0187. The Hall–Kier alpha value is -0.800. The molecule has 0 heterocycles. The summed E-state index contributed by atoms with van der Waals surface area (Å²) >= 11 is 11.2. The Morgan fingerprint density at radius 1 is 1.29 bits per heavy atom. The fourth-order valence-corrected chi connectivity index (χ4v) is 1.73. The number of unbranched alkanes of at least 4 members (excludes halogenated alkanes) is 2. The van der Waals surface area contributed by atoms with Crippen LogP contribution in [0.4, 0.5) is 4.39 Å². The van der Waals surface area contributed by atoms with E-state index in [1.807, 2.05) is 0 Å². The molecule has 1 aromatic carbocycles. The van der Waals surface area contributed by atoms with Crippen LogP contribution in [0.5, 0.6) is 0 Å². The van der Waals surface area contributed by atoms with Crippen molar-refractivity contribution in [1.82, 2.24) is 5.32 Å². The van der Waals surface area contributed by atoms with Crippen LogP contribution in [0.3, 0.4) is 0 Å². The molecule has 0 fully saturated rings. The van der Waals surface area contributed by atoms with Crippen LogP contribution in [0.25, 0.3) is 0 Å². The first-order chi connectivity index (χ1) is 8.15. The molecule has 0 aliphatic carbocycles. The molecule has 2 nitrogen and oxygen atoms in total. The molecule has 1 amide bonds. The lowest BCUT2D eigenvalue weighted by atomic mass is 10.2. The average molecular weight is 278 g/mol. The maximum atomic E-state index is 13.3. The first-order valence-electron chi connectivity index (χ1n) is 5.44. The highest BCUT2D eigenvalue weighted by molar-refractivity contribution is 6.31. The molecule has 1 N–H and O–H groups in total. The van der Waals surface area contributed by atoms with Gasteiger partial charge in [0.05, 0.1) is 5.56 Å². The summed E-state index contributed by atoms with van der Waals surface area (Å²) in [7, 11) is 0. The maximum Gasteiger partial charge on any atom is 0.254 e. The van der Waals surface area contributed by atoms with Crippen molar-refractivity contribution >= 4 is 29.1 Å². The van der Waals surface area contributed by atoms with E-state index in [4.69, 9.17) is 23.2 Å². The van der Waals surface area contributed by atoms with E-state index >= 15 is 0 Å². The van der Waals surface area contributed by atoms with E-state index in [0.717, 1.165) is 19.3 Å². The van der Waals surface area contributed by atoms with Gasteiger partial charge in [-0.25, -0.2) is 4.39 Å². The van der Waals surface area contributed by atoms with Crippen molar-refractivity contribution in [2.24, 2.45) is 0 Å². The summed E-state index contributed by atoms with van der Waals surface area (Å²) in [6.45, 7) is 0.516. The highest BCUT2D eigenvalue weighted by Gasteiger charge is 2.11. The number of carbonyl (C=O) groups is 1. The molecule has 0 aromatic heterocycles. The van der Waals surface area contributed by atoms with Gasteiger partial charge in [-0.1, -0.05) is 18.0 Å². The van der Waals surface area contributed by atoms with E-state index in [-0.39, 0.29) is 5.56 Å². The summed E-state index contributed by atoms with van der Waals surface area (Å²) in [5, 5.41) is 2.99. The number of carbonyl (C=O) groups excluding carboxylic acids is 1. The molecular formula is C12H14Cl2FNO. The van der Waals surface area contributed by atoms with Crippen LogP contribution < -0.4 is 5.32 Å². The third-order valence-corrected chi connectivity index (χ3v) is 2.77. The molecule has 17 heavy (non-hydrogen) atoms. The van der Waals surface area contributed by atoms with Gasteiger partial charge < -0.3 is 5.32 Å². The van der Waals surface area contributed by atoms with Crippen molar-refractivity contribution in [2.45, 2.75) is 19.3 Å². The Balaban J connectivity index is 2.44. The van der Waals surface area contributed by atoms with Gasteiger partial charge in [-0.15, -0.1) is 11.6 Å². The fourth-order valence-electron chi connectivity index (χ4n) is 1.36. The SMILES string of the molecule is O=C(NCCCCCCl)c1cc(Cl)ccc1F. The molecule has 1 aromatic rings. The zero-order chi connectivity index (χ0) is 12.7. The predicted octanol–water partition coefficient (Wildman–Crippen LogP) is 3.62. The molecule has 0 bridgehead atoms. The average Bonchev–Trinajstić information content (AvgIpc) is 2.32. The normalized spacial score (nSPS) is 10.3. The quantitative estimate of drug-likeness (QED) is 0.625. The number of amides is 1. The molecule has 94 valence electrons. The van der Waals surface area contributed by atoms with Crippen LogP contribution in [0.2, 0.25) is 5.02 Å². The third-order valence-electron chi connectivity index (χ3n) is 2.27. The largest absolute Gasteiger partial charge is 0.352 e. The van der Waals surface area contributed by atoms with Crippen molar-refractivity contribution < 1.29 is 9.18 Å². The number of benzene rings is 1. The molecule has 0 aliphatic heterocycles. The zero-order valence-corrected chi connectivity index (χ0v) is 10.8. The summed E-state index contributed by atoms with van der Waals surface area (Å²) < 4.78 is 13.3. The maximum absolute atomic E-state index is 13.3. The number of rotatable bonds is 6. The van der Waals surface area contributed by atoms with Gasteiger partial charge in [-0.2, -0.15) is 0 Å². The lowest BCUT2D eigenvalue weighted by Crippen LogP contribution is -2.25. The minimum absolute atomic E-state index is 0.0187. The summed E-state index contributed by atoms with van der Waals surface area (Å²) in [6, 6.07) is 3.92. The van der Waals surface area contributed by atoms with Crippen LogP contribution in [-0.4, -0.2) is 18.3 Å². The van der Waals surface area contributed by atoms with Gasteiger partial charge >= 0.3 is 0 Å². The van der Waals surface area contributed by atoms with Crippen LogP contribution in [0, 0.1) is 5.82 Å². The topological polar surface area (TPSA) is 29.1 Å². The highest BCUT2D eigenvalue weighted by Crippen LogP contribution is 2.14. The predicted molar refractivity (Wildman–Crippen MR) is 68.3 cm³/mol. The van der Waals surface area contributed by atoms with Gasteiger partial charge in [-0.3, -0.25) is 4.79 Å².